The quantitative estimate of drug-likeness (QED) is 0.371. The number of aliphatic imine (C=N–C) groups is 1. The smallest absolute Gasteiger partial charge is 0.191 e. The Morgan fingerprint density at radius 2 is 1.96 bits per heavy atom. The second-order valence-corrected chi connectivity index (χ2v) is 7.73. The van der Waals surface area contributed by atoms with E-state index in [1.165, 1.54) is 6.26 Å². The molecule has 1 aromatic carbocycles. The van der Waals surface area contributed by atoms with Crippen LogP contribution in [0.2, 0.25) is 0 Å². The van der Waals surface area contributed by atoms with Gasteiger partial charge in [0.05, 0.1) is 23.7 Å². The molecule has 142 valence electrons. The van der Waals surface area contributed by atoms with E-state index in [9.17, 15) is 8.42 Å². The van der Waals surface area contributed by atoms with Gasteiger partial charge in [0, 0.05) is 19.0 Å². The second kappa shape index (κ2) is 10.5. The van der Waals surface area contributed by atoms with Gasteiger partial charge in [-0.05, 0) is 43.2 Å². The molecular formula is C18H25IN4O2S. The third-order valence-corrected chi connectivity index (χ3v) is 4.82. The Morgan fingerprint density at radius 1 is 1.19 bits per heavy atom. The van der Waals surface area contributed by atoms with Crippen LogP contribution < -0.4 is 10.6 Å². The molecule has 2 aromatic rings. The van der Waals surface area contributed by atoms with E-state index in [2.05, 4.69) is 20.6 Å². The molecule has 0 atom stereocenters. The summed E-state index contributed by atoms with van der Waals surface area (Å²) in [7, 11) is -3.20. The lowest BCUT2D eigenvalue weighted by Crippen LogP contribution is -2.37. The molecule has 0 radical (unpaired) electrons. The Labute approximate surface area is 172 Å². The monoisotopic (exact) mass is 488 g/mol. The summed E-state index contributed by atoms with van der Waals surface area (Å²) >= 11 is 0. The maximum Gasteiger partial charge on any atom is 0.191 e. The van der Waals surface area contributed by atoms with Gasteiger partial charge in [0.2, 0.25) is 0 Å². The van der Waals surface area contributed by atoms with Gasteiger partial charge in [0.25, 0.3) is 0 Å². The number of pyridine rings is 1. The largest absolute Gasteiger partial charge is 0.357 e. The molecule has 8 heteroatoms. The Bertz CT molecular complexity index is 840. The second-order valence-electron chi connectivity index (χ2n) is 5.74. The minimum Gasteiger partial charge on any atom is -0.357 e. The summed E-state index contributed by atoms with van der Waals surface area (Å²) in [6, 6.07) is 11.1. The fourth-order valence-corrected chi connectivity index (χ4v) is 3.37. The highest BCUT2D eigenvalue weighted by Crippen LogP contribution is 2.17. The molecule has 0 unspecified atom stereocenters. The fourth-order valence-electron chi connectivity index (χ4n) is 2.41. The molecule has 0 aliphatic heterocycles. The van der Waals surface area contributed by atoms with Gasteiger partial charge >= 0.3 is 0 Å². The number of benzene rings is 1. The first-order valence-corrected chi connectivity index (χ1v) is 10.0. The Morgan fingerprint density at radius 3 is 2.54 bits per heavy atom. The van der Waals surface area contributed by atoms with E-state index in [0.717, 1.165) is 23.4 Å². The first-order chi connectivity index (χ1) is 11.9. The number of halogens is 1. The van der Waals surface area contributed by atoms with E-state index < -0.39 is 9.84 Å². The van der Waals surface area contributed by atoms with Crippen LogP contribution in [0.3, 0.4) is 0 Å². The van der Waals surface area contributed by atoms with Gasteiger partial charge in [-0.25, -0.2) is 13.4 Å². The third kappa shape index (κ3) is 6.91. The zero-order valence-corrected chi connectivity index (χ0v) is 18.3. The van der Waals surface area contributed by atoms with Crippen molar-refractivity contribution in [3.05, 3.63) is 59.4 Å². The van der Waals surface area contributed by atoms with Crippen molar-refractivity contribution in [1.29, 1.82) is 0 Å². The molecule has 2 rings (SSSR count). The standard InChI is InChI=1S/C18H24N4O2S.HI/c1-4-19-18(22-13-16-7-5-6-10-20-16)21-12-15-8-9-17(14(2)11-15)25(3,23)24;/h5-11H,4,12-13H2,1-3H3,(H2,19,21,22);1H. The molecule has 0 amide bonds. The van der Waals surface area contributed by atoms with E-state index in [4.69, 9.17) is 0 Å². The van der Waals surface area contributed by atoms with Crippen molar-refractivity contribution in [3.63, 3.8) is 0 Å². The van der Waals surface area contributed by atoms with Crippen molar-refractivity contribution in [1.82, 2.24) is 15.6 Å². The molecule has 1 heterocycles. The van der Waals surface area contributed by atoms with E-state index >= 15 is 0 Å². The highest BCUT2D eigenvalue weighted by Gasteiger charge is 2.10. The summed E-state index contributed by atoms with van der Waals surface area (Å²) in [6.45, 7) is 5.60. The molecule has 2 N–H and O–H groups in total. The van der Waals surface area contributed by atoms with Crippen molar-refractivity contribution in [2.75, 3.05) is 12.8 Å². The zero-order chi connectivity index (χ0) is 18.3. The van der Waals surface area contributed by atoms with E-state index in [0.29, 0.717) is 23.9 Å². The van der Waals surface area contributed by atoms with Gasteiger partial charge < -0.3 is 10.6 Å². The van der Waals surface area contributed by atoms with Gasteiger partial charge in [-0.15, -0.1) is 24.0 Å². The summed E-state index contributed by atoms with van der Waals surface area (Å²) in [5, 5.41) is 6.43. The summed E-state index contributed by atoms with van der Waals surface area (Å²) in [6.07, 6.45) is 2.98. The van der Waals surface area contributed by atoms with Crippen molar-refractivity contribution in [2.45, 2.75) is 31.8 Å². The van der Waals surface area contributed by atoms with Crippen LogP contribution in [0.15, 0.2) is 52.5 Å². The number of aryl methyl sites for hydroxylation is 1. The van der Waals surface area contributed by atoms with Gasteiger partial charge in [-0.1, -0.05) is 18.2 Å². The lowest BCUT2D eigenvalue weighted by atomic mass is 10.1. The molecule has 0 aliphatic carbocycles. The van der Waals surface area contributed by atoms with Crippen LogP contribution in [-0.2, 0) is 22.9 Å². The van der Waals surface area contributed by atoms with E-state index in [1.807, 2.05) is 31.2 Å². The molecule has 0 saturated carbocycles. The summed E-state index contributed by atoms with van der Waals surface area (Å²) in [5.41, 5.74) is 2.63. The number of rotatable bonds is 6. The molecule has 6 nitrogen and oxygen atoms in total. The van der Waals surface area contributed by atoms with Crippen LogP contribution in [0.1, 0.15) is 23.7 Å². The van der Waals surface area contributed by atoms with Crippen molar-refractivity contribution < 1.29 is 8.42 Å². The maximum atomic E-state index is 11.7. The minimum absolute atomic E-state index is 0. The third-order valence-electron chi connectivity index (χ3n) is 3.57. The molecule has 0 spiro atoms. The molecular weight excluding hydrogens is 463 g/mol. The van der Waals surface area contributed by atoms with Crippen LogP contribution in [0.4, 0.5) is 0 Å². The van der Waals surface area contributed by atoms with Crippen LogP contribution in [0.25, 0.3) is 0 Å². The molecule has 0 aliphatic rings. The number of sulfone groups is 1. The number of hydrogen-bond acceptors (Lipinski definition) is 4. The van der Waals surface area contributed by atoms with Crippen LogP contribution in [-0.4, -0.2) is 32.2 Å². The van der Waals surface area contributed by atoms with E-state index in [1.54, 1.807) is 25.3 Å². The fraction of sp³-hybridized carbons (Fsp3) is 0.333. The highest BCUT2D eigenvalue weighted by molar-refractivity contribution is 14.0. The number of guanidine groups is 1. The molecule has 1 aromatic heterocycles. The van der Waals surface area contributed by atoms with Gasteiger partial charge in [0.1, 0.15) is 0 Å². The van der Waals surface area contributed by atoms with Crippen LogP contribution in [0.5, 0.6) is 0 Å². The summed E-state index contributed by atoms with van der Waals surface area (Å²) in [5.74, 6) is 0.693. The average Bonchev–Trinajstić information content (AvgIpc) is 2.57. The van der Waals surface area contributed by atoms with Gasteiger partial charge in [-0.2, -0.15) is 0 Å². The lowest BCUT2D eigenvalue weighted by Gasteiger charge is -2.11. The van der Waals surface area contributed by atoms with Crippen LogP contribution in [0, 0.1) is 6.92 Å². The predicted octanol–water partition coefficient (Wildman–Crippen LogP) is 2.67. The topological polar surface area (TPSA) is 83.5 Å². The molecule has 0 bridgehead atoms. The normalized spacial score (nSPS) is 11.6. The lowest BCUT2D eigenvalue weighted by molar-refractivity contribution is 0.601. The predicted molar refractivity (Wildman–Crippen MR) is 116 cm³/mol. The highest BCUT2D eigenvalue weighted by atomic mass is 127. The molecule has 26 heavy (non-hydrogen) atoms. The maximum absolute atomic E-state index is 11.7. The number of hydrogen-bond donors (Lipinski definition) is 2. The molecule has 0 fully saturated rings. The first kappa shape index (κ1) is 22.4. The summed E-state index contributed by atoms with van der Waals surface area (Å²) in [4.78, 5) is 9.18. The summed E-state index contributed by atoms with van der Waals surface area (Å²) < 4.78 is 23.4. The minimum atomic E-state index is -3.20. The average molecular weight is 488 g/mol. The van der Waals surface area contributed by atoms with Gasteiger partial charge in [-0.3, -0.25) is 4.98 Å². The van der Waals surface area contributed by atoms with Crippen molar-refractivity contribution in [2.24, 2.45) is 4.99 Å². The molecule has 0 saturated heterocycles. The van der Waals surface area contributed by atoms with Crippen molar-refractivity contribution >= 4 is 39.8 Å². The SMILES string of the molecule is CCNC(=NCc1ccc(S(C)(=O)=O)c(C)c1)NCc1ccccn1.I. The zero-order valence-electron chi connectivity index (χ0n) is 15.2. The Balaban J connectivity index is 0.00000338. The number of nitrogens with zero attached hydrogens (tertiary/aromatic N) is 2. The van der Waals surface area contributed by atoms with Crippen LogP contribution >= 0.6 is 24.0 Å². The van der Waals surface area contributed by atoms with Gasteiger partial charge in [0.15, 0.2) is 15.8 Å². The van der Waals surface area contributed by atoms with E-state index in [-0.39, 0.29) is 24.0 Å². The Hall–Kier alpha value is -1.68. The van der Waals surface area contributed by atoms with Crippen molar-refractivity contribution in [3.8, 4) is 0 Å². The number of aromatic nitrogens is 1. The first-order valence-electron chi connectivity index (χ1n) is 8.12. The Kier molecular flexibility index (Phi) is 9.00. The number of nitrogens with one attached hydrogen (secondary N) is 2.